The molecule has 9 nitrogen and oxygen atoms in total. The first kappa shape index (κ1) is 36.3. The number of halogens is 2. The van der Waals surface area contributed by atoms with Crippen LogP contribution in [0.5, 0.6) is 0 Å². The van der Waals surface area contributed by atoms with Crippen LogP contribution in [0.4, 0.5) is 8.78 Å². The van der Waals surface area contributed by atoms with E-state index in [0.29, 0.717) is 19.4 Å². The number of nitrogens with two attached hydrogens (primary N) is 1. The molecule has 2 amide bonds. The Morgan fingerprint density at radius 3 is 2.28 bits per heavy atom. The van der Waals surface area contributed by atoms with Crippen LogP contribution in [0.15, 0.2) is 42.5 Å². The van der Waals surface area contributed by atoms with E-state index in [1.165, 1.54) is 4.90 Å². The summed E-state index contributed by atoms with van der Waals surface area (Å²) >= 11 is 0. The van der Waals surface area contributed by atoms with Crippen LogP contribution < -0.4 is 11.1 Å². The number of nitrogens with one attached hydrogen (secondary N) is 1. The van der Waals surface area contributed by atoms with Crippen molar-refractivity contribution in [1.29, 1.82) is 0 Å². The van der Waals surface area contributed by atoms with Crippen molar-refractivity contribution in [3.8, 4) is 0 Å². The monoisotopic (exact) mass is 624 g/mol. The highest BCUT2D eigenvalue weighted by Gasteiger charge is 2.32. The highest BCUT2D eigenvalue weighted by molar-refractivity contribution is 7.91. The summed E-state index contributed by atoms with van der Waals surface area (Å²) in [7, 11) is -0.123. The number of carbonyl (C=O) groups is 2. The second-order valence-corrected chi connectivity index (χ2v) is 13.5. The third kappa shape index (κ3) is 13.1. The van der Waals surface area contributed by atoms with Crippen molar-refractivity contribution in [2.45, 2.75) is 70.7 Å². The predicted octanol–water partition coefficient (Wildman–Crippen LogP) is 2.44. The molecule has 0 saturated carbocycles. The zero-order valence-corrected chi connectivity index (χ0v) is 26.4. The zero-order valence-electron chi connectivity index (χ0n) is 25.6. The maximum Gasteiger partial charge on any atom is 0.246 e. The molecule has 0 bridgehead atoms. The van der Waals surface area contributed by atoms with E-state index in [1.807, 2.05) is 38.1 Å². The van der Waals surface area contributed by atoms with Crippen LogP contribution in [0.1, 0.15) is 49.8 Å². The van der Waals surface area contributed by atoms with E-state index in [0.717, 1.165) is 35.7 Å². The van der Waals surface area contributed by atoms with Crippen molar-refractivity contribution in [3.63, 3.8) is 0 Å². The average Bonchev–Trinajstić information content (AvgIpc) is 2.93. The first-order chi connectivity index (χ1) is 20.2. The molecule has 0 aromatic heterocycles. The van der Waals surface area contributed by atoms with E-state index < -0.39 is 57.2 Å². The van der Waals surface area contributed by atoms with Gasteiger partial charge in [-0.15, -0.1) is 0 Å². The van der Waals surface area contributed by atoms with E-state index in [4.69, 9.17) is 5.73 Å². The number of aliphatic hydroxyl groups excluding tert-OH is 1. The molecule has 0 aliphatic carbocycles. The lowest BCUT2D eigenvalue weighted by Crippen LogP contribution is -2.55. The Morgan fingerprint density at radius 1 is 1.02 bits per heavy atom. The molecular weight excluding hydrogens is 578 g/mol. The molecule has 12 heteroatoms. The summed E-state index contributed by atoms with van der Waals surface area (Å²) in [5.41, 5.74) is 8.22. The number of unbranched alkanes of at least 4 members (excludes halogenated alkanes) is 1. The predicted molar refractivity (Wildman–Crippen MR) is 164 cm³/mol. The van der Waals surface area contributed by atoms with Gasteiger partial charge in [0, 0.05) is 38.2 Å². The normalized spacial score (nSPS) is 13.9. The van der Waals surface area contributed by atoms with Gasteiger partial charge in [0.2, 0.25) is 11.8 Å². The van der Waals surface area contributed by atoms with Crippen molar-refractivity contribution in [1.82, 2.24) is 15.1 Å². The SMILES string of the molecule is CCCCS(=O)(=O)C[C@@H](NC(=O)CCN(C)C)C(=O)N(Cc1cccc(CC)c1)C[C@@H](O)[C@@H](N)Cc1cc(F)cc(F)c1. The van der Waals surface area contributed by atoms with Gasteiger partial charge in [-0.3, -0.25) is 9.59 Å². The molecule has 0 heterocycles. The lowest BCUT2D eigenvalue weighted by molar-refractivity contribution is -0.137. The van der Waals surface area contributed by atoms with Crippen LogP contribution in [-0.4, -0.2) is 92.0 Å². The highest BCUT2D eigenvalue weighted by atomic mass is 32.2. The van der Waals surface area contributed by atoms with Crippen LogP contribution >= 0.6 is 0 Å². The van der Waals surface area contributed by atoms with Gasteiger partial charge in [0.25, 0.3) is 0 Å². The third-order valence-electron chi connectivity index (χ3n) is 7.03. The number of rotatable bonds is 18. The molecule has 0 unspecified atom stereocenters. The molecule has 0 aliphatic rings. The molecule has 0 aliphatic heterocycles. The minimum atomic E-state index is -3.71. The number of nitrogens with zero attached hydrogens (tertiary/aromatic N) is 2. The van der Waals surface area contributed by atoms with Crippen molar-refractivity contribution >= 4 is 21.7 Å². The minimum Gasteiger partial charge on any atom is -0.390 e. The maximum absolute atomic E-state index is 14.0. The Kier molecular flexibility index (Phi) is 14.7. The van der Waals surface area contributed by atoms with Gasteiger partial charge in [0.15, 0.2) is 9.84 Å². The zero-order chi connectivity index (χ0) is 32.2. The smallest absolute Gasteiger partial charge is 0.246 e. The highest BCUT2D eigenvalue weighted by Crippen LogP contribution is 2.15. The Labute approximate surface area is 254 Å². The van der Waals surface area contributed by atoms with Crippen molar-refractivity contribution in [3.05, 3.63) is 70.8 Å². The van der Waals surface area contributed by atoms with Gasteiger partial charge in [-0.1, -0.05) is 44.5 Å². The topological polar surface area (TPSA) is 133 Å². The van der Waals surface area contributed by atoms with E-state index in [2.05, 4.69) is 5.32 Å². The van der Waals surface area contributed by atoms with Gasteiger partial charge in [0.05, 0.1) is 17.6 Å². The van der Waals surface area contributed by atoms with Gasteiger partial charge >= 0.3 is 0 Å². The molecular formula is C31H46F2N4O5S. The van der Waals surface area contributed by atoms with Gasteiger partial charge in [0.1, 0.15) is 17.7 Å². The summed E-state index contributed by atoms with van der Waals surface area (Å²) in [6.45, 7) is 3.96. The lowest BCUT2D eigenvalue weighted by atomic mass is 10.0. The fourth-order valence-electron chi connectivity index (χ4n) is 4.59. The third-order valence-corrected chi connectivity index (χ3v) is 8.78. The summed E-state index contributed by atoms with van der Waals surface area (Å²) < 4.78 is 53.3. The largest absolute Gasteiger partial charge is 0.390 e. The fourth-order valence-corrected chi connectivity index (χ4v) is 6.22. The fraction of sp³-hybridized carbons (Fsp3) is 0.548. The number of sulfone groups is 1. The molecule has 2 aromatic carbocycles. The van der Waals surface area contributed by atoms with Gasteiger partial charge < -0.3 is 26.0 Å². The van der Waals surface area contributed by atoms with Crippen molar-refractivity contribution in [2.75, 3.05) is 38.7 Å². The maximum atomic E-state index is 14.0. The first-order valence-electron chi connectivity index (χ1n) is 14.6. The molecule has 3 atom stereocenters. The molecule has 0 radical (unpaired) electrons. The van der Waals surface area contributed by atoms with Crippen LogP contribution in [0.2, 0.25) is 0 Å². The molecule has 2 rings (SSSR count). The van der Waals surface area contributed by atoms with Crippen LogP contribution in [0.3, 0.4) is 0 Å². The number of aliphatic hydroxyl groups is 1. The van der Waals surface area contributed by atoms with Gasteiger partial charge in [-0.25, -0.2) is 17.2 Å². The number of benzene rings is 2. The molecule has 0 saturated heterocycles. The number of hydrogen-bond acceptors (Lipinski definition) is 7. The average molecular weight is 625 g/mol. The minimum absolute atomic E-state index is 0.0180. The Bertz CT molecular complexity index is 1290. The second kappa shape index (κ2) is 17.4. The van der Waals surface area contributed by atoms with E-state index in [1.54, 1.807) is 19.0 Å². The Hall–Kier alpha value is -2.93. The van der Waals surface area contributed by atoms with E-state index >= 15 is 0 Å². The second-order valence-electron chi connectivity index (χ2n) is 11.2. The van der Waals surface area contributed by atoms with Gasteiger partial charge in [-0.05, 0) is 62.2 Å². The molecule has 0 fully saturated rings. The molecule has 240 valence electrons. The molecule has 4 N–H and O–H groups in total. The van der Waals surface area contributed by atoms with Crippen LogP contribution in [-0.2, 0) is 38.8 Å². The number of aryl methyl sites for hydroxylation is 1. The summed E-state index contributed by atoms with van der Waals surface area (Å²) in [6.07, 6.45) is 0.471. The number of carbonyl (C=O) groups excluding carboxylic acids is 2. The number of amides is 2. The quantitative estimate of drug-likeness (QED) is 0.232. The van der Waals surface area contributed by atoms with E-state index in [9.17, 15) is 31.9 Å². The van der Waals surface area contributed by atoms with Gasteiger partial charge in [-0.2, -0.15) is 0 Å². The summed E-state index contributed by atoms with van der Waals surface area (Å²) in [6, 6.07) is 8.09. The summed E-state index contributed by atoms with van der Waals surface area (Å²) in [4.78, 5) is 29.9. The lowest BCUT2D eigenvalue weighted by Gasteiger charge is -2.31. The van der Waals surface area contributed by atoms with Crippen LogP contribution in [0, 0.1) is 11.6 Å². The van der Waals surface area contributed by atoms with Crippen molar-refractivity contribution < 1.29 is 31.9 Å². The Balaban J connectivity index is 2.38. The molecule has 0 spiro atoms. The standard InChI is InChI=1S/C31H46F2N4O5S/c1-5-7-13-43(41,42)21-28(35-30(39)11-12-36(3)4)31(40)37(19-23-10-8-9-22(6-2)14-23)20-29(38)27(34)17-24-15-25(32)18-26(33)16-24/h8-10,14-16,18,27-29,38H,5-7,11-13,17,19-21,34H2,1-4H3,(H,35,39)/t27-,28+,29+/m0/s1. The van der Waals surface area contributed by atoms with Crippen LogP contribution in [0.25, 0.3) is 0 Å². The van der Waals surface area contributed by atoms with E-state index in [-0.39, 0.29) is 37.2 Å². The van der Waals surface area contributed by atoms with Crippen molar-refractivity contribution in [2.24, 2.45) is 5.73 Å². The number of hydrogen-bond donors (Lipinski definition) is 3. The molecule has 43 heavy (non-hydrogen) atoms. The summed E-state index contributed by atoms with van der Waals surface area (Å²) in [5.74, 6) is -3.42. The Morgan fingerprint density at radius 2 is 1.67 bits per heavy atom. The molecule has 2 aromatic rings. The summed E-state index contributed by atoms with van der Waals surface area (Å²) in [5, 5.41) is 13.7. The first-order valence-corrected chi connectivity index (χ1v) is 16.4.